The summed E-state index contributed by atoms with van der Waals surface area (Å²) in [6, 6.07) is 7.74. The minimum absolute atomic E-state index is 0.290. The average molecular weight is 221 g/mol. The zero-order valence-corrected chi connectivity index (χ0v) is 9.69. The summed E-state index contributed by atoms with van der Waals surface area (Å²) >= 11 is 0. The molecule has 0 saturated heterocycles. The fourth-order valence-electron chi connectivity index (χ4n) is 2.26. The van der Waals surface area contributed by atoms with Gasteiger partial charge >= 0.3 is 0 Å². The molecule has 0 radical (unpaired) electrons. The predicted octanol–water partition coefficient (Wildman–Crippen LogP) is 2.20. The third-order valence-corrected chi connectivity index (χ3v) is 3.24. The van der Waals surface area contributed by atoms with Crippen molar-refractivity contribution in [3.05, 3.63) is 24.3 Å². The van der Waals surface area contributed by atoms with E-state index in [0.29, 0.717) is 12.0 Å². The number of benzene rings is 1. The van der Waals surface area contributed by atoms with Crippen LogP contribution in [0.5, 0.6) is 11.5 Å². The molecule has 2 rings (SSSR count). The molecule has 3 nitrogen and oxygen atoms in total. The molecule has 1 fully saturated rings. The number of hydrogen-bond donors (Lipinski definition) is 1. The van der Waals surface area contributed by atoms with E-state index in [1.165, 1.54) is 12.8 Å². The summed E-state index contributed by atoms with van der Waals surface area (Å²) in [7, 11) is 1.66. The average Bonchev–Trinajstić information content (AvgIpc) is 2.77. The SMILES string of the molecule is COc1ccc(OC2CCCC2CN)cc1. The first-order valence-corrected chi connectivity index (χ1v) is 5.84. The molecular formula is C13H19NO2. The Morgan fingerprint density at radius 3 is 2.50 bits per heavy atom. The molecule has 0 amide bonds. The highest BCUT2D eigenvalue weighted by molar-refractivity contribution is 5.31. The fourth-order valence-corrected chi connectivity index (χ4v) is 2.26. The highest BCUT2D eigenvalue weighted by Gasteiger charge is 2.27. The quantitative estimate of drug-likeness (QED) is 0.847. The van der Waals surface area contributed by atoms with Crippen LogP contribution in [0.25, 0.3) is 0 Å². The van der Waals surface area contributed by atoms with E-state index in [0.717, 1.165) is 24.5 Å². The molecule has 1 aromatic rings. The van der Waals surface area contributed by atoms with E-state index in [4.69, 9.17) is 15.2 Å². The molecular weight excluding hydrogens is 202 g/mol. The summed E-state index contributed by atoms with van der Waals surface area (Å²) in [6.07, 6.45) is 3.83. The Balaban J connectivity index is 1.97. The lowest BCUT2D eigenvalue weighted by Crippen LogP contribution is -2.27. The topological polar surface area (TPSA) is 44.5 Å². The second kappa shape index (κ2) is 5.21. The van der Waals surface area contributed by atoms with Gasteiger partial charge in [0.25, 0.3) is 0 Å². The van der Waals surface area contributed by atoms with Gasteiger partial charge in [0.2, 0.25) is 0 Å². The number of ether oxygens (including phenoxy) is 2. The van der Waals surface area contributed by atoms with E-state index in [1.807, 2.05) is 24.3 Å². The van der Waals surface area contributed by atoms with Gasteiger partial charge < -0.3 is 15.2 Å². The van der Waals surface area contributed by atoms with Crippen LogP contribution < -0.4 is 15.2 Å². The molecule has 16 heavy (non-hydrogen) atoms. The van der Waals surface area contributed by atoms with Crippen LogP contribution in [0.1, 0.15) is 19.3 Å². The van der Waals surface area contributed by atoms with Crippen molar-refractivity contribution in [2.24, 2.45) is 11.7 Å². The highest BCUT2D eigenvalue weighted by atomic mass is 16.5. The standard InChI is InChI=1S/C13H19NO2/c1-15-11-5-7-12(8-6-11)16-13-4-2-3-10(13)9-14/h5-8,10,13H,2-4,9,14H2,1H3. The van der Waals surface area contributed by atoms with Crippen LogP contribution in [0.2, 0.25) is 0 Å². The fraction of sp³-hybridized carbons (Fsp3) is 0.538. The first-order chi connectivity index (χ1) is 7.83. The molecule has 2 unspecified atom stereocenters. The lowest BCUT2D eigenvalue weighted by Gasteiger charge is -2.19. The van der Waals surface area contributed by atoms with E-state index in [1.54, 1.807) is 7.11 Å². The summed E-state index contributed by atoms with van der Waals surface area (Å²) in [4.78, 5) is 0. The molecule has 0 aliphatic heterocycles. The third-order valence-electron chi connectivity index (χ3n) is 3.24. The lowest BCUT2D eigenvalue weighted by molar-refractivity contribution is 0.162. The summed E-state index contributed by atoms with van der Waals surface area (Å²) < 4.78 is 11.0. The lowest BCUT2D eigenvalue weighted by atomic mass is 10.1. The Kier molecular flexibility index (Phi) is 3.67. The Hall–Kier alpha value is -1.22. The van der Waals surface area contributed by atoms with Crippen LogP contribution in [0.3, 0.4) is 0 Å². The number of hydrogen-bond acceptors (Lipinski definition) is 3. The van der Waals surface area contributed by atoms with E-state index < -0.39 is 0 Å². The molecule has 0 aromatic heterocycles. The number of nitrogens with two attached hydrogens (primary N) is 1. The molecule has 1 aliphatic rings. The van der Waals surface area contributed by atoms with Gasteiger partial charge in [-0.15, -0.1) is 0 Å². The van der Waals surface area contributed by atoms with Crippen LogP contribution >= 0.6 is 0 Å². The van der Waals surface area contributed by atoms with Gasteiger partial charge in [-0.1, -0.05) is 0 Å². The molecule has 3 heteroatoms. The summed E-state index contributed by atoms with van der Waals surface area (Å²) in [5.41, 5.74) is 5.72. The van der Waals surface area contributed by atoms with Crippen molar-refractivity contribution in [3.63, 3.8) is 0 Å². The van der Waals surface area contributed by atoms with Gasteiger partial charge in [-0.25, -0.2) is 0 Å². The van der Waals surface area contributed by atoms with Gasteiger partial charge in [0.15, 0.2) is 0 Å². The molecule has 0 heterocycles. The Morgan fingerprint density at radius 1 is 1.19 bits per heavy atom. The van der Waals surface area contributed by atoms with E-state index in [-0.39, 0.29) is 0 Å². The molecule has 1 aliphatic carbocycles. The predicted molar refractivity (Wildman–Crippen MR) is 63.8 cm³/mol. The van der Waals surface area contributed by atoms with Crippen LogP contribution in [0.15, 0.2) is 24.3 Å². The molecule has 2 N–H and O–H groups in total. The van der Waals surface area contributed by atoms with E-state index in [2.05, 4.69) is 0 Å². The van der Waals surface area contributed by atoms with Crippen molar-refractivity contribution >= 4 is 0 Å². The molecule has 2 atom stereocenters. The van der Waals surface area contributed by atoms with Gasteiger partial charge in [0, 0.05) is 5.92 Å². The van der Waals surface area contributed by atoms with Crippen molar-refractivity contribution < 1.29 is 9.47 Å². The van der Waals surface area contributed by atoms with Crippen molar-refractivity contribution in [1.82, 2.24) is 0 Å². The zero-order valence-electron chi connectivity index (χ0n) is 9.69. The zero-order chi connectivity index (χ0) is 11.4. The normalized spacial score (nSPS) is 24.4. The minimum atomic E-state index is 0.290. The van der Waals surface area contributed by atoms with Gasteiger partial charge in [-0.2, -0.15) is 0 Å². The first-order valence-electron chi connectivity index (χ1n) is 5.84. The van der Waals surface area contributed by atoms with Crippen LogP contribution in [0, 0.1) is 5.92 Å². The van der Waals surface area contributed by atoms with Gasteiger partial charge in [0.1, 0.15) is 17.6 Å². The largest absolute Gasteiger partial charge is 0.497 e. The van der Waals surface area contributed by atoms with Gasteiger partial charge in [-0.3, -0.25) is 0 Å². The molecule has 0 spiro atoms. The Labute approximate surface area is 96.5 Å². The molecule has 0 bridgehead atoms. The third kappa shape index (κ3) is 2.47. The van der Waals surface area contributed by atoms with E-state index in [9.17, 15) is 0 Å². The maximum absolute atomic E-state index is 5.94. The smallest absolute Gasteiger partial charge is 0.120 e. The Morgan fingerprint density at radius 2 is 1.88 bits per heavy atom. The maximum atomic E-state index is 5.94. The molecule has 1 aromatic carbocycles. The van der Waals surface area contributed by atoms with Crippen molar-refractivity contribution in [3.8, 4) is 11.5 Å². The summed E-state index contributed by atoms with van der Waals surface area (Å²) in [5, 5.41) is 0. The van der Waals surface area contributed by atoms with Gasteiger partial charge in [-0.05, 0) is 50.1 Å². The van der Waals surface area contributed by atoms with Crippen molar-refractivity contribution in [1.29, 1.82) is 0 Å². The van der Waals surface area contributed by atoms with E-state index >= 15 is 0 Å². The van der Waals surface area contributed by atoms with Crippen LogP contribution in [-0.4, -0.2) is 19.8 Å². The van der Waals surface area contributed by atoms with Gasteiger partial charge in [0.05, 0.1) is 7.11 Å². The monoisotopic (exact) mass is 221 g/mol. The Bertz CT molecular complexity index is 323. The van der Waals surface area contributed by atoms with Crippen LogP contribution in [-0.2, 0) is 0 Å². The summed E-state index contributed by atoms with van der Waals surface area (Å²) in [5.74, 6) is 2.28. The second-order valence-electron chi connectivity index (χ2n) is 4.26. The number of methoxy groups -OCH3 is 1. The van der Waals surface area contributed by atoms with Crippen molar-refractivity contribution in [2.45, 2.75) is 25.4 Å². The minimum Gasteiger partial charge on any atom is -0.497 e. The second-order valence-corrected chi connectivity index (χ2v) is 4.26. The molecule has 88 valence electrons. The molecule has 1 saturated carbocycles. The van der Waals surface area contributed by atoms with Crippen molar-refractivity contribution in [2.75, 3.05) is 13.7 Å². The maximum Gasteiger partial charge on any atom is 0.120 e. The van der Waals surface area contributed by atoms with Crippen LogP contribution in [0.4, 0.5) is 0 Å². The number of rotatable bonds is 4. The highest BCUT2D eigenvalue weighted by Crippen LogP contribution is 2.29. The summed E-state index contributed by atoms with van der Waals surface area (Å²) in [6.45, 7) is 0.723. The first kappa shape index (κ1) is 11.3.